The van der Waals surface area contributed by atoms with Gasteiger partial charge in [0.2, 0.25) is 0 Å². The maximum atomic E-state index is 12.0. The Kier molecular flexibility index (Phi) is 4.30. The third-order valence-electron chi connectivity index (χ3n) is 2.13. The van der Waals surface area contributed by atoms with Gasteiger partial charge < -0.3 is 10.6 Å². The molecular weight excluding hydrogens is 192 g/mol. The monoisotopic (exact) mass is 210 g/mol. The number of hydrogen-bond acceptors (Lipinski definition) is 3. The minimum absolute atomic E-state index is 0.00963. The predicted molar refractivity (Wildman–Crippen MR) is 58.5 cm³/mol. The largest absolute Gasteiger partial charge is 0.337 e. The fourth-order valence-corrected chi connectivity index (χ4v) is 1.45. The van der Waals surface area contributed by atoms with Gasteiger partial charge in [0, 0.05) is 32.9 Å². The van der Waals surface area contributed by atoms with Crippen LogP contribution in [0.2, 0.25) is 0 Å². The molecule has 5 nitrogen and oxygen atoms in total. The summed E-state index contributed by atoms with van der Waals surface area (Å²) in [7, 11) is 1.80. The Hall–Kier alpha value is -1.36. The molecule has 1 aromatic heterocycles. The van der Waals surface area contributed by atoms with Crippen LogP contribution in [-0.4, -0.2) is 40.2 Å². The average Bonchev–Trinajstić information content (AvgIpc) is 2.63. The number of amides is 1. The Bertz CT molecular complexity index is 315. The third-order valence-corrected chi connectivity index (χ3v) is 2.13. The zero-order valence-electron chi connectivity index (χ0n) is 9.31. The first kappa shape index (κ1) is 11.7. The first-order chi connectivity index (χ1) is 7.19. The SMILES string of the molecule is CCCN(CCN)C(=O)c1cnn(C)c1. The van der Waals surface area contributed by atoms with Crippen LogP contribution in [0.4, 0.5) is 0 Å². The second kappa shape index (κ2) is 5.50. The lowest BCUT2D eigenvalue weighted by atomic mass is 10.3. The van der Waals surface area contributed by atoms with Crippen molar-refractivity contribution in [3.05, 3.63) is 18.0 Å². The first-order valence-corrected chi connectivity index (χ1v) is 5.17. The highest BCUT2D eigenvalue weighted by molar-refractivity contribution is 5.93. The molecule has 0 aromatic carbocycles. The lowest BCUT2D eigenvalue weighted by Gasteiger charge is -2.20. The number of aromatic nitrogens is 2. The van der Waals surface area contributed by atoms with Crippen molar-refractivity contribution in [1.82, 2.24) is 14.7 Å². The van der Waals surface area contributed by atoms with E-state index in [1.54, 1.807) is 29.0 Å². The van der Waals surface area contributed by atoms with Crippen LogP contribution in [0.15, 0.2) is 12.4 Å². The van der Waals surface area contributed by atoms with Crippen molar-refractivity contribution in [3.63, 3.8) is 0 Å². The molecular formula is C10H18N4O. The van der Waals surface area contributed by atoms with Gasteiger partial charge in [0.25, 0.3) is 5.91 Å². The molecule has 0 atom stereocenters. The number of rotatable bonds is 5. The fourth-order valence-electron chi connectivity index (χ4n) is 1.45. The Morgan fingerprint density at radius 3 is 2.80 bits per heavy atom. The molecule has 1 heterocycles. The Labute approximate surface area is 89.9 Å². The Morgan fingerprint density at radius 1 is 1.60 bits per heavy atom. The van der Waals surface area contributed by atoms with Gasteiger partial charge in [-0.25, -0.2) is 0 Å². The molecule has 1 rings (SSSR count). The molecule has 2 N–H and O–H groups in total. The highest BCUT2D eigenvalue weighted by Crippen LogP contribution is 2.03. The molecule has 0 fully saturated rings. The van der Waals surface area contributed by atoms with Gasteiger partial charge in [0.05, 0.1) is 11.8 Å². The molecule has 1 amide bonds. The molecule has 15 heavy (non-hydrogen) atoms. The smallest absolute Gasteiger partial charge is 0.257 e. The van der Waals surface area contributed by atoms with E-state index in [2.05, 4.69) is 5.10 Å². The maximum Gasteiger partial charge on any atom is 0.257 e. The van der Waals surface area contributed by atoms with E-state index in [-0.39, 0.29) is 5.91 Å². The first-order valence-electron chi connectivity index (χ1n) is 5.17. The van der Waals surface area contributed by atoms with E-state index >= 15 is 0 Å². The van der Waals surface area contributed by atoms with Crippen LogP contribution in [0.5, 0.6) is 0 Å². The summed E-state index contributed by atoms with van der Waals surface area (Å²) in [6, 6.07) is 0. The van der Waals surface area contributed by atoms with E-state index in [4.69, 9.17) is 5.73 Å². The van der Waals surface area contributed by atoms with Crippen LogP contribution in [0, 0.1) is 0 Å². The Balaban J connectivity index is 2.71. The maximum absolute atomic E-state index is 12.0. The second-order valence-electron chi connectivity index (χ2n) is 3.48. The van der Waals surface area contributed by atoms with Gasteiger partial charge >= 0.3 is 0 Å². The van der Waals surface area contributed by atoms with Gasteiger partial charge in [-0.2, -0.15) is 5.10 Å². The number of nitrogens with zero attached hydrogens (tertiary/aromatic N) is 3. The van der Waals surface area contributed by atoms with E-state index < -0.39 is 0 Å². The lowest BCUT2D eigenvalue weighted by Crippen LogP contribution is -2.35. The van der Waals surface area contributed by atoms with E-state index in [1.807, 2.05) is 6.92 Å². The summed E-state index contributed by atoms with van der Waals surface area (Å²) in [5, 5.41) is 3.98. The van der Waals surface area contributed by atoms with Crippen LogP contribution in [0.1, 0.15) is 23.7 Å². The topological polar surface area (TPSA) is 64.2 Å². The van der Waals surface area contributed by atoms with Crippen molar-refractivity contribution < 1.29 is 4.79 Å². The van der Waals surface area contributed by atoms with Crippen molar-refractivity contribution in [2.45, 2.75) is 13.3 Å². The predicted octanol–water partition coefficient (Wildman–Crippen LogP) is 0.231. The van der Waals surface area contributed by atoms with Gasteiger partial charge in [-0.1, -0.05) is 6.92 Å². The number of aryl methyl sites for hydroxylation is 1. The molecule has 0 bridgehead atoms. The molecule has 84 valence electrons. The average molecular weight is 210 g/mol. The Morgan fingerprint density at radius 2 is 2.33 bits per heavy atom. The quantitative estimate of drug-likeness (QED) is 0.756. The zero-order valence-corrected chi connectivity index (χ0v) is 9.31. The minimum atomic E-state index is 0.00963. The van der Waals surface area contributed by atoms with E-state index in [9.17, 15) is 4.79 Å². The molecule has 0 saturated carbocycles. The van der Waals surface area contributed by atoms with Gasteiger partial charge in [-0.15, -0.1) is 0 Å². The summed E-state index contributed by atoms with van der Waals surface area (Å²) >= 11 is 0. The van der Waals surface area contributed by atoms with Gasteiger partial charge in [-0.3, -0.25) is 9.48 Å². The summed E-state index contributed by atoms with van der Waals surface area (Å²) in [4.78, 5) is 13.7. The van der Waals surface area contributed by atoms with Crippen molar-refractivity contribution in [2.24, 2.45) is 12.8 Å². The molecule has 0 aliphatic rings. The second-order valence-corrected chi connectivity index (χ2v) is 3.48. The van der Waals surface area contributed by atoms with Crippen LogP contribution >= 0.6 is 0 Å². The number of hydrogen-bond donors (Lipinski definition) is 1. The van der Waals surface area contributed by atoms with Crippen molar-refractivity contribution in [3.8, 4) is 0 Å². The highest BCUT2D eigenvalue weighted by Gasteiger charge is 2.15. The number of carbonyl (C=O) groups is 1. The molecule has 0 aliphatic carbocycles. The summed E-state index contributed by atoms with van der Waals surface area (Å²) in [5.74, 6) is 0.00963. The van der Waals surface area contributed by atoms with Gasteiger partial charge in [-0.05, 0) is 6.42 Å². The normalized spacial score (nSPS) is 10.3. The van der Waals surface area contributed by atoms with Crippen LogP contribution < -0.4 is 5.73 Å². The van der Waals surface area contributed by atoms with Gasteiger partial charge in [0.15, 0.2) is 0 Å². The van der Waals surface area contributed by atoms with Crippen LogP contribution in [0.3, 0.4) is 0 Å². The highest BCUT2D eigenvalue weighted by atomic mass is 16.2. The molecule has 0 saturated heterocycles. The third kappa shape index (κ3) is 3.06. The van der Waals surface area contributed by atoms with E-state index in [0.29, 0.717) is 18.7 Å². The standard InChI is InChI=1S/C10H18N4O/c1-3-5-14(6-4-11)10(15)9-7-12-13(2)8-9/h7-8H,3-6,11H2,1-2H3. The van der Waals surface area contributed by atoms with Crippen LogP contribution in [-0.2, 0) is 7.05 Å². The summed E-state index contributed by atoms with van der Waals surface area (Å²) in [5.41, 5.74) is 6.09. The fraction of sp³-hybridized carbons (Fsp3) is 0.600. The minimum Gasteiger partial charge on any atom is -0.337 e. The van der Waals surface area contributed by atoms with E-state index in [1.165, 1.54) is 0 Å². The molecule has 0 unspecified atom stereocenters. The van der Waals surface area contributed by atoms with Crippen molar-refractivity contribution in [2.75, 3.05) is 19.6 Å². The molecule has 0 aliphatic heterocycles. The zero-order chi connectivity index (χ0) is 11.3. The summed E-state index contributed by atoms with van der Waals surface area (Å²) < 4.78 is 1.62. The number of nitrogens with two attached hydrogens (primary N) is 1. The molecule has 1 aromatic rings. The molecule has 0 radical (unpaired) electrons. The molecule has 5 heteroatoms. The van der Waals surface area contributed by atoms with Crippen molar-refractivity contribution in [1.29, 1.82) is 0 Å². The summed E-state index contributed by atoms with van der Waals surface area (Å²) in [6.07, 6.45) is 4.25. The van der Waals surface area contributed by atoms with Crippen molar-refractivity contribution >= 4 is 5.91 Å². The molecule has 0 spiro atoms. The van der Waals surface area contributed by atoms with Gasteiger partial charge in [0.1, 0.15) is 0 Å². The van der Waals surface area contributed by atoms with Crippen LogP contribution in [0.25, 0.3) is 0 Å². The number of carbonyl (C=O) groups excluding carboxylic acids is 1. The summed E-state index contributed by atoms with van der Waals surface area (Å²) in [6.45, 7) is 3.87. The lowest BCUT2D eigenvalue weighted by molar-refractivity contribution is 0.0760. The van der Waals surface area contributed by atoms with E-state index in [0.717, 1.165) is 13.0 Å².